The van der Waals surface area contributed by atoms with Gasteiger partial charge in [-0.15, -0.1) is 0 Å². The number of ketones is 1. The van der Waals surface area contributed by atoms with E-state index in [9.17, 15) is 15.0 Å². The SMILES string of the molecule is NC(CO)(CO)CCc1ccc(C(=O)CCCCc2ccccc2)cc1. The summed E-state index contributed by atoms with van der Waals surface area (Å²) < 4.78 is 0. The lowest BCUT2D eigenvalue weighted by Gasteiger charge is -2.24. The van der Waals surface area contributed by atoms with Crippen molar-refractivity contribution in [2.24, 2.45) is 5.73 Å². The molecule has 0 radical (unpaired) electrons. The molecule has 0 fully saturated rings. The van der Waals surface area contributed by atoms with Gasteiger partial charge in [-0.2, -0.15) is 0 Å². The van der Waals surface area contributed by atoms with Crippen LogP contribution in [0, 0.1) is 0 Å². The zero-order valence-corrected chi connectivity index (χ0v) is 15.2. The molecule has 0 unspecified atom stereocenters. The largest absolute Gasteiger partial charge is 0.394 e. The van der Waals surface area contributed by atoms with Crippen LogP contribution in [-0.2, 0) is 12.8 Å². The van der Waals surface area contributed by atoms with Gasteiger partial charge in [0.05, 0.1) is 18.8 Å². The lowest BCUT2D eigenvalue weighted by Crippen LogP contribution is -2.47. The molecule has 4 heteroatoms. The van der Waals surface area contributed by atoms with Crippen molar-refractivity contribution in [3.05, 3.63) is 71.3 Å². The standard InChI is InChI=1S/C22H29NO3/c23-22(16-24,17-25)15-14-19-10-12-20(13-11-19)21(26)9-5-4-8-18-6-2-1-3-7-18/h1-3,6-7,10-13,24-25H,4-5,8-9,14-17,23H2. The molecule has 0 aliphatic heterocycles. The number of aliphatic hydroxyl groups is 2. The molecule has 0 aliphatic rings. The highest BCUT2D eigenvalue weighted by molar-refractivity contribution is 5.96. The van der Waals surface area contributed by atoms with Crippen molar-refractivity contribution < 1.29 is 15.0 Å². The Bertz CT molecular complexity index is 664. The van der Waals surface area contributed by atoms with E-state index in [1.807, 2.05) is 42.5 Å². The van der Waals surface area contributed by atoms with Gasteiger partial charge in [-0.25, -0.2) is 0 Å². The Morgan fingerprint density at radius 3 is 2.08 bits per heavy atom. The number of hydrogen-bond donors (Lipinski definition) is 3. The van der Waals surface area contributed by atoms with Crippen LogP contribution in [0.4, 0.5) is 0 Å². The highest BCUT2D eigenvalue weighted by Gasteiger charge is 2.22. The summed E-state index contributed by atoms with van der Waals surface area (Å²) in [5.41, 5.74) is 8.02. The van der Waals surface area contributed by atoms with Gasteiger partial charge in [-0.1, -0.05) is 54.6 Å². The van der Waals surface area contributed by atoms with Crippen LogP contribution in [0.25, 0.3) is 0 Å². The van der Waals surface area contributed by atoms with E-state index in [0.29, 0.717) is 19.3 Å². The highest BCUT2D eigenvalue weighted by Crippen LogP contribution is 2.15. The van der Waals surface area contributed by atoms with Crippen molar-refractivity contribution in [3.63, 3.8) is 0 Å². The first-order valence-electron chi connectivity index (χ1n) is 9.23. The molecular weight excluding hydrogens is 326 g/mol. The smallest absolute Gasteiger partial charge is 0.162 e. The van der Waals surface area contributed by atoms with Gasteiger partial charge >= 0.3 is 0 Å². The van der Waals surface area contributed by atoms with E-state index in [1.54, 1.807) is 0 Å². The van der Waals surface area contributed by atoms with E-state index in [1.165, 1.54) is 5.56 Å². The summed E-state index contributed by atoms with van der Waals surface area (Å²) in [6, 6.07) is 17.9. The van der Waals surface area contributed by atoms with Gasteiger partial charge in [0.1, 0.15) is 0 Å². The average Bonchev–Trinajstić information content (AvgIpc) is 2.70. The van der Waals surface area contributed by atoms with E-state index in [2.05, 4.69) is 12.1 Å². The van der Waals surface area contributed by atoms with E-state index < -0.39 is 5.54 Å². The summed E-state index contributed by atoms with van der Waals surface area (Å²) >= 11 is 0. The van der Waals surface area contributed by atoms with E-state index >= 15 is 0 Å². The second kappa shape index (κ2) is 10.2. The summed E-state index contributed by atoms with van der Waals surface area (Å²) in [5, 5.41) is 18.5. The van der Waals surface area contributed by atoms with Crippen molar-refractivity contribution in [1.29, 1.82) is 0 Å². The Morgan fingerprint density at radius 2 is 1.46 bits per heavy atom. The van der Waals surface area contributed by atoms with Crippen LogP contribution in [0.1, 0.15) is 47.2 Å². The molecule has 4 nitrogen and oxygen atoms in total. The van der Waals surface area contributed by atoms with Crippen molar-refractivity contribution in [3.8, 4) is 0 Å². The number of benzene rings is 2. The molecule has 2 rings (SSSR count). The molecule has 2 aromatic carbocycles. The summed E-state index contributed by atoms with van der Waals surface area (Å²) in [7, 11) is 0. The molecule has 0 aromatic heterocycles. The maximum absolute atomic E-state index is 12.3. The first kappa shape index (κ1) is 20.3. The predicted octanol–water partition coefficient (Wildman–Crippen LogP) is 2.90. The summed E-state index contributed by atoms with van der Waals surface area (Å²) in [6.07, 6.45) is 4.61. The molecular formula is C22H29NO3. The Hall–Kier alpha value is -2.01. The fourth-order valence-electron chi connectivity index (χ4n) is 2.86. The number of hydrogen-bond acceptors (Lipinski definition) is 4. The van der Waals surface area contributed by atoms with Gasteiger partial charge in [0.2, 0.25) is 0 Å². The fraction of sp³-hybridized carbons (Fsp3) is 0.409. The molecule has 0 spiro atoms. The van der Waals surface area contributed by atoms with Crippen LogP contribution >= 0.6 is 0 Å². The van der Waals surface area contributed by atoms with Crippen molar-refractivity contribution in [2.75, 3.05) is 13.2 Å². The molecule has 140 valence electrons. The van der Waals surface area contributed by atoms with Gasteiger partial charge < -0.3 is 15.9 Å². The molecule has 26 heavy (non-hydrogen) atoms. The van der Waals surface area contributed by atoms with Gasteiger partial charge in [0.25, 0.3) is 0 Å². The maximum Gasteiger partial charge on any atom is 0.162 e. The summed E-state index contributed by atoms with van der Waals surface area (Å²) in [5.74, 6) is 0.170. The molecule has 4 N–H and O–H groups in total. The average molecular weight is 355 g/mol. The second-order valence-corrected chi connectivity index (χ2v) is 6.99. The molecule has 0 heterocycles. The van der Waals surface area contributed by atoms with E-state index in [-0.39, 0.29) is 19.0 Å². The van der Waals surface area contributed by atoms with Crippen molar-refractivity contribution in [2.45, 2.75) is 44.1 Å². The van der Waals surface area contributed by atoms with Crippen LogP contribution in [0.15, 0.2) is 54.6 Å². The lowest BCUT2D eigenvalue weighted by atomic mass is 9.93. The number of carbonyl (C=O) groups excluding carboxylic acids is 1. The normalized spacial score (nSPS) is 11.5. The van der Waals surface area contributed by atoms with Crippen molar-refractivity contribution in [1.82, 2.24) is 0 Å². The number of aryl methyl sites for hydroxylation is 2. The number of carbonyl (C=O) groups is 1. The van der Waals surface area contributed by atoms with Gasteiger partial charge in [-0.3, -0.25) is 4.79 Å². The van der Waals surface area contributed by atoms with Crippen molar-refractivity contribution >= 4 is 5.78 Å². The third kappa shape index (κ3) is 6.37. The van der Waals surface area contributed by atoms with Gasteiger partial charge in [0, 0.05) is 12.0 Å². The first-order chi connectivity index (χ1) is 12.6. The maximum atomic E-state index is 12.3. The molecule has 2 aromatic rings. The minimum absolute atomic E-state index is 0.170. The van der Waals surface area contributed by atoms with Crippen LogP contribution < -0.4 is 5.73 Å². The van der Waals surface area contributed by atoms with Gasteiger partial charge in [0.15, 0.2) is 5.78 Å². The molecule has 0 amide bonds. The highest BCUT2D eigenvalue weighted by atomic mass is 16.3. The third-order valence-corrected chi connectivity index (χ3v) is 4.78. The monoisotopic (exact) mass is 355 g/mol. The predicted molar refractivity (Wildman–Crippen MR) is 104 cm³/mol. The fourth-order valence-corrected chi connectivity index (χ4v) is 2.86. The van der Waals surface area contributed by atoms with E-state index in [0.717, 1.165) is 30.4 Å². The first-order valence-corrected chi connectivity index (χ1v) is 9.23. The van der Waals surface area contributed by atoms with Crippen LogP contribution in [0.5, 0.6) is 0 Å². The van der Waals surface area contributed by atoms with Gasteiger partial charge in [-0.05, 0) is 43.2 Å². The Labute approximate surface area is 155 Å². The molecule has 0 saturated heterocycles. The molecule has 0 bridgehead atoms. The number of rotatable bonds is 11. The number of Topliss-reactive ketones (excluding diaryl/α,β-unsaturated/α-hetero) is 1. The number of unbranched alkanes of at least 4 members (excludes halogenated alkanes) is 1. The Kier molecular flexibility index (Phi) is 7.98. The Morgan fingerprint density at radius 1 is 0.846 bits per heavy atom. The van der Waals surface area contributed by atoms with Crippen LogP contribution in [0.3, 0.4) is 0 Å². The topological polar surface area (TPSA) is 83.6 Å². The van der Waals surface area contributed by atoms with Crippen LogP contribution in [-0.4, -0.2) is 34.7 Å². The molecule has 0 saturated carbocycles. The minimum Gasteiger partial charge on any atom is -0.394 e. The molecule has 0 aliphatic carbocycles. The lowest BCUT2D eigenvalue weighted by molar-refractivity contribution is 0.0979. The molecule has 0 atom stereocenters. The third-order valence-electron chi connectivity index (χ3n) is 4.78. The Balaban J connectivity index is 1.75. The zero-order valence-electron chi connectivity index (χ0n) is 15.2. The van der Waals surface area contributed by atoms with Crippen LogP contribution in [0.2, 0.25) is 0 Å². The number of aliphatic hydroxyl groups excluding tert-OH is 2. The zero-order chi connectivity index (χ0) is 18.8. The minimum atomic E-state index is -0.951. The quantitative estimate of drug-likeness (QED) is 0.427. The summed E-state index contributed by atoms with van der Waals surface area (Å²) in [6.45, 7) is -0.494. The second-order valence-electron chi connectivity index (χ2n) is 6.99. The number of nitrogens with two attached hydrogens (primary N) is 1. The summed E-state index contributed by atoms with van der Waals surface area (Å²) in [4.78, 5) is 12.3. The van der Waals surface area contributed by atoms with E-state index in [4.69, 9.17) is 5.73 Å².